The zero-order valence-corrected chi connectivity index (χ0v) is 16.4. The molecule has 0 aliphatic rings. The molecule has 5 heteroatoms. The Morgan fingerprint density at radius 2 is 1.62 bits per heavy atom. The van der Waals surface area contributed by atoms with Crippen LogP contribution < -0.4 is 10.1 Å². The number of anilines is 1. The number of carbonyl (C=O) groups is 1. The lowest BCUT2D eigenvalue weighted by molar-refractivity contribution is 0.102. The predicted molar refractivity (Wildman–Crippen MR) is 111 cm³/mol. The molecule has 1 amide bonds. The fourth-order valence-corrected chi connectivity index (χ4v) is 3.29. The zero-order chi connectivity index (χ0) is 18.2. The highest BCUT2D eigenvalue weighted by Gasteiger charge is 2.06. The summed E-state index contributed by atoms with van der Waals surface area (Å²) in [6, 6.07) is 24.9. The minimum atomic E-state index is -0.140. The van der Waals surface area contributed by atoms with Crippen LogP contribution in [0.4, 0.5) is 5.69 Å². The maximum Gasteiger partial charge on any atom is 0.255 e. The summed E-state index contributed by atoms with van der Waals surface area (Å²) in [7, 11) is 0. The maximum absolute atomic E-state index is 12.3. The second kappa shape index (κ2) is 9.46. The molecule has 0 spiro atoms. The third kappa shape index (κ3) is 5.64. The van der Waals surface area contributed by atoms with E-state index < -0.39 is 0 Å². The first kappa shape index (κ1) is 18.5. The molecule has 0 unspecified atom stereocenters. The average Bonchev–Trinajstić information content (AvgIpc) is 2.68. The van der Waals surface area contributed by atoms with Gasteiger partial charge in [0.1, 0.15) is 5.75 Å². The molecule has 0 saturated carbocycles. The van der Waals surface area contributed by atoms with E-state index in [9.17, 15) is 4.79 Å². The Kier molecular flexibility index (Phi) is 6.75. The molecule has 132 valence electrons. The van der Waals surface area contributed by atoms with Gasteiger partial charge in [0.05, 0.1) is 6.61 Å². The van der Waals surface area contributed by atoms with E-state index in [1.807, 2.05) is 54.6 Å². The Hall–Kier alpha value is -2.24. The van der Waals surface area contributed by atoms with Crippen LogP contribution >= 0.6 is 27.7 Å². The van der Waals surface area contributed by atoms with Crippen molar-refractivity contribution in [2.24, 2.45) is 0 Å². The lowest BCUT2D eigenvalue weighted by Crippen LogP contribution is -2.11. The monoisotopic (exact) mass is 427 g/mol. The molecule has 3 aromatic carbocycles. The van der Waals surface area contributed by atoms with E-state index in [1.54, 1.807) is 23.9 Å². The van der Waals surface area contributed by atoms with Crippen LogP contribution in [0.1, 0.15) is 10.4 Å². The summed E-state index contributed by atoms with van der Waals surface area (Å²) in [5.41, 5.74) is 1.36. The highest BCUT2D eigenvalue weighted by molar-refractivity contribution is 9.10. The van der Waals surface area contributed by atoms with Crippen LogP contribution in [0.15, 0.2) is 88.2 Å². The first-order chi connectivity index (χ1) is 12.7. The molecule has 0 aliphatic carbocycles. The molecule has 0 aliphatic heterocycles. The summed E-state index contributed by atoms with van der Waals surface area (Å²) in [6.45, 7) is 0.615. The standard InChI is InChI=1S/C21H18BrNO2S/c22-17-8-10-18(11-9-17)23-21(24)16-6-12-19(13-7-16)25-14-15-26-20-4-2-1-3-5-20/h1-13H,14-15H2,(H,23,24). The van der Waals surface area contributed by atoms with Crippen molar-refractivity contribution in [3.05, 3.63) is 88.9 Å². The van der Waals surface area contributed by atoms with E-state index in [-0.39, 0.29) is 5.91 Å². The van der Waals surface area contributed by atoms with Gasteiger partial charge in [-0.3, -0.25) is 4.79 Å². The lowest BCUT2D eigenvalue weighted by atomic mass is 10.2. The number of amides is 1. The van der Waals surface area contributed by atoms with Crippen molar-refractivity contribution in [2.75, 3.05) is 17.7 Å². The van der Waals surface area contributed by atoms with Gasteiger partial charge in [-0.1, -0.05) is 34.1 Å². The van der Waals surface area contributed by atoms with E-state index in [4.69, 9.17) is 4.74 Å². The van der Waals surface area contributed by atoms with E-state index >= 15 is 0 Å². The van der Waals surface area contributed by atoms with Crippen LogP contribution in [0.25, 0.3) is 0 Å². The van der Waals surface area contributed by atoms with E-state index in [2.05, 4.69) is 33.4 Å². The largest absolute Gasteiger partial charge is 0.493 e. The van der Waals surface area contributed by atoms with Gasteiger partial charge in [-0.25, -0.2) is 0 Å². The fourth-order valence-electron chi connectivity index (χ4n) is 2.27. The van der Waals surface area contributed by atoms with E-state index in [0.29, 0.717) is 12.2 Å². The summed E-state index contributed by atoms with van der Waals surface area (Å²) in [4.78, 5) is 13.5. The Morgan fingerprint density at radius 1 is 0.923 bits per heavy atom. The van der Waals surface area contributed by atoms with Gasteiger partial charge in [0.15, 0.2) is 0 Å². The Labute approximate surface area is 165 Å². The van der Waals surface area contributed by atoms with Gasteiger partial charge in [0.25, 0.3) is 5.91 Å². The smallest absolute Gasteiger partial charge is 0.255 e. The molecule has 1 N–H and O–H groups in total. The Balaban J connectivity index is 1.46. The quantitative estimate of drug-likeness (QED) is 0.378. The van der Waals surface area contributed by atoms with Gasteiger partial charge in [-0.15, -0.1) is 11.8 Å². The molecule has 0 saturated heterocycles. The number of halogens is 1. The van der Waals surface area contributed by atoms with Crippen molar-refractivity contribution in [2.45, 2.75) is 4.90 Å². The van der Waals surface area contributed by atoms with Gasteiger partial charge < -0.3 is 10.1 Å². The van der Waals surface area contributed by atoms with Gasteiger partial charge in [-0.05, 0) is 60.7 Å². The highest BCUT2D eigenvalue weighted by Crippen LogP contribution is 2.19. The van der Waals surface area contributed by atoms with Crippen molar-refractivity contribution in [3.63, 3.8) is 0 Å². The molecule has 0 bridgehead atoms. The molecule has 0 atom stereocenters. The minimum absolute atomic E-state index is 0.140. The first-order valence-corrected chi connectivity index (χ1v) is 9.96. The van der Waals surface area contributed by atoms with E-state index in [1.165, 1.54) is 4.90 Å². The topological polar surface area (TPSA) is 38.3 Å². The Morgan fingerprint density at radius 3 is 2.31 bits per heavy atom. The normalized spacial score (nSPS) is 10.3. The van der Waals surface area contributed by atoms with Crippen molar-refractivity contribution in [1.29, 1.82) is 0 Å². The molecular formula is C21H18BrNO2S. The molecule has 0 radical (unpaired) electrons. The number of hydrogen-bond donors (Lipinski definition) is 1. The molecule has 0 aromatic heterocycles. The van der Waals surface area contributed by atoms with Crippen molar-refractivity contribution >= 4 is 39.3 Å². The number of hydrogen-bond acceptors (Lipinski definition) is 3. The van der Waals surface area contributed by atoms with Crippen LogP contribution in [-0.4, -0.2) is 18.3 Å². The van der Waals surface area contributed by atoms with Crippen LogP contribution in [-0.2, 0) is 0 Å². The number of thioether (sulfide) groups is 1. The molecule has 3 nitrogen and oxygen atoms in total. The summed E-state index contributed by atoms with van der Waals surface area (Å²) in [6.07, 6.45) is 0. The molecule has 0 heterocycles. The van der Waals surface area contributed by atoms with Crippen molar-refractivity contribution < 1.29 is 9.53 Å². The van der Waals surface area contributed by atoms with Crippen molar-refractivity contribution in [1.82, 2.24) is 0 Å². The summed E-state index contributed by atoms with van der Waals surface area (Å²) in [5.74, 6) is 1.49. The van der Waals surface area contributed by atoms with Gasteiger partial charge >= 0.3 is 0 Å². The third-order valence-electron chi connectivity index (χ3n) is 3.58. The van der Waals surface area contributed by atoms with Crippen LogP contribution in [0.2, 0.25) is 0 Å². The van der Waals surface area contributed by atoms with E-state index in [0.717, 1.165) is 21.7 Å². The first-order valence-electron chi connectivity index (χ1n) is 8.18. The molecule has 3 rings (SSSR count). The summed E-state index contributed by atoms with van der Waals surface area (Å²) < 4.78 is 6.71. The summed E-state index contributed by atoms with van der Waals surface area (Å²) >= 11 is 5.13. The molecular weight excluding hydrogens is 410 g/mol. The minimum Gasteiger partial charge on any atom is -0.493 e. The third-order valence-corrected chi connectivity index (χ3v) is 5.09. The highest BCUT2D eigenvalue weighted by atomic mass is 79.9. The fraction of sp³-hybridized carbons (Fsp3) is 0.0952. The maximum atomic E-state index is 12.3. The zero-order valence-electron chi connectivity index (χ0n) is 14.0. The number of rotatable bonds is 7. The van der Waals surface area contributed by atoms with Crippen LogP contribution in [0.5, 0.6) is 5.75 Å². The number of carbonyl (C=O) groups excluding carboxylic acids is 1. The summed E-state index contributed by atoms with van der Waals surface area (Å²) in [5, 5.41) is 2.87. The molecule has 0 fully saturated rings. The number of nitrogens with one attached hydrogen (secondary N) is 1. The van der Waals surface area contributed by atoms with Gasteiger partial charge in [0.2, 0.25) is 0 Å². The second-order valence-corrected chi connectivity index (χ2v) is 7.58. The van der Waals surface area contributed by atoms with Gasteiger partial charge in [0, 0.05) is 26.4 Å². The number of ether oxygens (including phenoxy) is 1. The SMILES string of the molecule is O=C(Nc1ccc(Br)cc1)c1ccc(OCCSc2ccccc2)cc1. The van der Waals surface area contributed by atoms with Crippen LogP contribution in [0, 0.1) is 0 Å². The van der Waals surface area contributed by atoms with Gasteiger partial charge in [-0.2, -0.15) is 0 Å². The average molecular weight is 428 g/mol. The molecule has 26 heavy (non-hydrogen) atoms. The predicted octanol–water partition coefficient (Wildman–Crippen LogP) is 5.87. The Bertz CT molecular complexity index is 836. The second-order valence-electron chi connectivity index (χ2n) is 5.50. The lowest BCUT2D eigenvalue weighted by Gasteiger charge is -2.08. The van der Waals surface area contributed by atoms with Crippen LogP contribution in [0.3, 0.4) is 0 Å². The number of benzene rings is 3. The molecule has 3 aromatic rings. The van der Waals surface area contributed by atoms with Crippen molar-refractivity contribution in [3.8, 4) is 5.75 Å².